The number of rotatable bonds is 7. The largest absolute Gasteiger partial charge is 0.464 e. The number of hydrogen-bond donors (Lipinski definition) is 0. The highest BCUT2D eigenvalue weighted by atomic mass is 16.5. The molecule has 0 aliphatic heterocycles. The summed E-state index contributed by atoms with van der Waals surface area (Å²) in [6, 6.07) is 0.748. The Labute approximate surface area is 140 Å². The van der Waals surface area contributed by atoms with Crippen LogP contribution in [-0.4, -0.2) is 36.1 Å². The first-order valence-corrected chi connectivity index (χ1v) is 8.64. The van der Waals surface area contributed by atoms with Crippen molar-refractivity contribution in [2.45, 2.75) is 52.1 Å². The number of ether oxygens (including phenoxy) is 1. The Bertz CT molecular complexity index is 484. The first-order valence-electron chi connectivity index (χ1n) is 8.64. The van der Waals surface area contributed by atoms with Gasteiger partial charge in [0.15, 0.2) is 0 Å². The first kappa shape index (κ1) is 17.7. The number of carbonyl (C=O) groups is 1. The highest BCUT2D eigenvalue weighted by molar-refractivity contribution is 5.75. The van der Waals surface area contributed by atoms with Gasteiger partial charge in [-0.25, -0.2) is 0 Å². The van der Waals surface area contributed by atoms with Gasteiger partial charge >= 0.3 is 5.97 Å². The van der Waals surface area contributed by atoms with E-state index in [0.717, 1.165) is 25.8 Å². The van der Waals surface area contributed by atoms with Crippen LogP contribution in [0.2, 0.25) is 0 Å². The highest BCUT2D eigenvalue weighted by Crippen LogP contribution is 2.23. The average Bonchev–Trinajstić information content (AvgIpc) is 2.60. The average molecular weight is 315 g/mol. The van der Waals surface area contributed by atoms with Crippen LogP contribution in [0.1, 0.15) is 40.0 Å². The summed E-state index contributed by atoms with van der Waals surface area (Å²) in [7, 11) is 0. The summed E-state index contributed by atoms with van der Waals surface area (Å²) in [6.07, 6.45) is 20.1. The van der Waals surface area contributed by atoms with Crippen LogP contribution >= 0.6 is 0 Å². The van der Waals surface area contributed by atoms with E-state index < -0.39 is 5.41 Å². The summed E-state index contributed by atoms with van der Waals surface area (Å²) in [5, 5.41) is 0. The van der Waals surface area contributed by atoms with E-state index in [4.69, 9.17) is 4.74 Å². The third-order valence-corrected chi connectivity index (χ3v) is 4.79. The maximum absolute atomic E-state index is 12.1. The van der Waals surface area contributed by atoms with E-state index in [0.29, 0.717) is 18.7 Å². The Morgan fingerprint density at radius 1 is 1.09 bits per heavy atom. The van der Waals surface area contributed by atoms with Gasteiger partial charge in [-0.2, -0.15) is 0 Å². The fourth-order valence-electron chi connectivity index (χ4n) is 2.79. The summed E-state index contributed by atoms with van der Waals surface area (Å²) in [5.74, 6) is -0.0990. The van der Waals surface area contributed by atoms with E-state index >= 15 is 0 Å². The molecule has 23 heavy (non-hydrogen) atoms. The van der Waals surface area contributed by atoms with Crippen LogP contribution in [-0.2, 0) is 9.53 Å². The molecular formula is C20H29NO2. The summed E-state index contributed by atoms with van der Waals surface area (Å²) in [5.41, 5.74) is -0.397. The zero-order valence-electron chi connectivity index (χ0n) is 14.6. The molecule has 0 saturated heterocycles. The molecule has 126 valence electrons. The van der Waals surface area contributed by atoms with Crippen molar-refractivity contribution in [2.24, 2.45) is 5.41 Å². The first-order chi connectivity index (χ1) is 11.0. The Morgan fingerprint density at radius 2 is 1.65 bits per heavy atom. The minimum Gasteiger partial charge on any atom is -0.464 e. The number of esters is 1. The Balaban J connectivity index is 1.94. The molecule has 2 rings (SSSR count). The van der Waals surface area contributed by atoms with Gasteiger partial charge in [-0.05, 0) is 33.1 Å². The monoisotopic (exact) mass is 315 g/mol. The van der Waals surface area contributed by atoms with Gasteiger partial charge in [0.1, 0.15) is 6.61 Å². The lowest BCUT2D eigenvalue weighted by molar-refractivity contribution is -0.154. The molecule has 0 heterocycles. The third-order valence-electron chi connectivity index (χ3n) is 4.79. The van der Waals surface area contributed by atoms with E-state index in [2.05, 4.69) is 53.5 Å². The van der Waals surface area contributed by atoms with Crippen molar-refractivity contribution in [3.05, 3.63) is 48.6 Å². The smallest absolute Gasteiger partial charge is 0.311 e. The van der Waals surface area contributed by atoms with Crippen molar-refractivity contribution in [3.63, 3.8) is 0 Å². The normalized spacial score (nSPS) is 23.5. The fraction of sp³-hybridized carbons (Fsp3) is 0.550. The topological polar surface area (TPSA) is 29.5 Å². The minimum atomic E-state index is -0.397. The molecule has 0 N–H and O–H groups in total. The SMILES string of the molecule is CCC(C)(C)C(=O)OCCN(C1C=CC=CC1)C1C=CC=CC1. The van der Waals surface area contributed by atoms with Crippen molar-refractivity contribution in [3.8, 4) is 0 Å². The lowest BCUT2D eigenvalue weighted by Crippen LogP contribution is -2.44. The van der Waals surface area contributed by atoms with Gasteiger partial charge in [0.25, 0.3) is 0 Å². The van der Waals surface area contributed by atoms with Crippen LogP contribution in [0, 0.1) is 5.41 Å². The predicted octanol–water partition coefficient (Wildman–Crippen LogP) is 4.04. The van der Waals surface area contributed by atoms with Gasteiger partial charge < -0.3 is 4.74 Å². The van der Waals surface area contributed by atoms with Gasteiger partial charge in [-0.3, -0.25) is 9.69 Å². The minimum absolute atomic E-state index is 0.0990. The van der Waals surface area contributed by atoms with E-state index in [1.165, 1.54) is 0 Å². The Kier molecular flexibility index (Phi) is 6.40. The second-order valence-electron chi connectivity index (χ2n) is 6.84. The molecule has 2 unspecified atom stereocenters. The molecular weight excluding hydrogens is 286 g/mol. The number of nitrogens with zero attached hydrogens (tertiary/aromatic N) is 1. The molecule has 0 aromatic heterocycles. The second-order valence-corrected chi connectivity index (χ2v) is 6.84. The van der Waals surface area contributed by atoms with Crippen molar-refractivity contribution >= 4 is 5.97 Å². The highest BCUT2D eigenvalue weighted by Gasteiger charge is 2.28. The molecule has 0 saturated carbocycles. The fourth-order valence-corrected chi connectivity index (χ4v) is 2.79. The number of allylic oxidation sites excluding steroid dienone is 4. The van der Waals surface area contributed by atoms with Crippen LogP contribution in [0.25, 0.3) is 0 Å². The lowest BCUT2D eigenvalue weighted by Gasteiger charge is -2.36. The molecule has 2 aliphatic carbocycles. The van der Waals surface area contributed by atoms with Gasteiger partial charge in [-0.15, -0.1) is 0 Å². The molecule has 2 aliphatic rings. The van der Waals surface area contributed by atoms with E-state index in [1.807, 2.05) is 20.8 Å². The van der Waals surface area contributed by atoms with Crippen LogP contribution in [0.3, 0.4) is 0 Å². The summed E-state index contributed by atoms with van der Waals surface area (Å²) >= 11 is 0. The van der Waals surface area contributed by atoms with Crippen LogP contribution in [0.4, 0.5) is 0 Å². The molecule has 0 radical (unpaired) electrons. The Hall–Kier alpha value is -1.61. The van der Waals surface area contributed by atoms with E-state index in [9.17, 15) is 4.79 Å². The third kappa shape index (κ3) is 4.93. The number of hydrogen-bond acceptors (Lipinski definition) is 3. The van der Waals surface area contributed by atoms with Crippen LogP contribution in [0.5, 0.6) is 0 Å². The van der Waals surface area contributed by atoms with Crippen LogP contribution in [0.15, 0.2) is 48.6 Å². The predicted molar refractivity (Wildman–Crippen MR) is 95.1 cm³/mol. The molecule has 3 heteroatoms. The van der Waals surface area contributed by atoms with Crippen LogP contribution < -0.4 is 0 Å². The van der Waals surface area contributed by atoms with Crippen molar-refractivity contribution in [1.29, 1.82) is 0 Å². The van der Waals surface area contributed by atoms with Gasteiger partial charge in [-0.1, -0.05) is 55.5 Å². The molecule has 0 spiro atoms. The second kappa shape index (κ2) is 8.30. The lowest BCUT2D eigenvalue weighted by atomic mass is 9.91. The molecule has 3 nitrogen and oxygen atoms in total. The van der Waals surface area contributed by atoms with Gasteiger partial charge in [0, 0.05) is 18.6 Å². The standard InChI is InChI=1S/C20H29NO2/c1-4-20(2,3)19(22)23-16-15-21(17-11-7-5-8-12-17)18-13-9-6-10-14-18/h5-11,13,17-18H,4,12,14-16H2,1-3H3. The van der Waals surface area contributed by atoms with Gasteiger partial charge in [0.2, 0.25) is 0 Å². The Morgan fingerprint density at radius 3 is 2.09 bits per heavy atom. The summed E-state index contributed by atoms with van der Waals surface area (Å²) in [6.45, 7) is 7.11. The van der Waals surface area contributed by atoms with Crippen molar-refractivity contribution < 1.29 is 9.53 Å². The molecule has 0 aromatic carbocycles. The molecule has 0 bridgehead atoms. The summed E-state index contributed by atoms with van der Waals surface area (Å²) < 4.78 is 5.55. The van der Waals surface area contributed by atoms with Crippen molar-refractivity contribution in [2.75, 3.05) is 13.2 Å². The van der Waals surface area contributed by atoms with Gasteiger partial charge in [0.05, 0.1) is 5.41 Å². The zero-order valence-corrected chi connectivity index (χ0v) is 14.6. The van der Waals surface area contributed by atoms with E-state index in [1.54, 1.807) is 0 Å². The maximum atomic E-state index is 12.1. The molecule has 0 amide bonds. The van der Waals surface area contributed by atoms with Crippen molar-refractivity contribution in [1.82, 2.24) is 4.90 Å². The number of carbonyl (C=O) groups excluding carboxylic acids is 1. The van der Waals surface area contributed by atoms with E-state index in [-0.39, 0.29) is 5.97 Å². The quantitative estimate of drug-likeness (QED) is 0.664. The zero-order chi connectivity index (χ0) is 16.7. The molecule has 0 aromatic rings. The molecule has 0 fully saturated rings. The maximum Gasteiger partial charge on any atom is 0.311 e. The molecule has 2 atom stereocenters. The summed E-state index contributed by atoms with van der Waals surface area (Å²) in [4.78, 5) is 14.6.